The van der Waals surface area contributed by atoms with E-state index in [-0.39, 0.29) is 18.8 Å². The summed E-state index contributed by atoms with van der Waals surface area (Å²) in [5, 5.41) is 14.2. The van der Waals surface area contributed by atoms with Crippen molar-refractivity contribution >= 4 is 17.9 Å². The van der Waals surface area contributed by atoms with Crippen molar-refractivity contribution in [1.82, 2.24) is 10.6 Å². The van der Waals surface area contributed by atoms with Crippen molar-refractivity contribution in [3.05, 3.63) is 65.4 Å². The molecule has 0 heterocycles. The van der Waals surface area contributed by atoms with Crippen molar-refractivity contribution in [3.8, 4) is 11.5 Å². The van der Waals surface area contributed by atoms with Gasteiger partial charge in [-0.25, -0.2) is 0 Å². The average Bonchev–Trinajstić information content (AvgIpc) is 2.77. The number of aliphatic hydroxyl groups excluding tert-OH is 1. The first-order chi connectivity index (χ1) is 14.9. The molecule has 31 heavy (non-hydrogen) atoms. The van der Waals surface area contributed by atoms with Crippen LogP contribution in [0.1, 0.15) is 36.7 Å². The van der Waals surface area contributed by atoms with Gasteiger partial charge in [0.25, 0.3) is 11.8 Å². The molecule has 0 spiro atoms. The van der Waals surface area contributed by atoms with Crippen molar-refractivity contribution in [2.45, 2.75) is 20.8 Å². The molecule has 0 aliphatic carbocycles. The highest BCUT2D eigenvalue weighted by atomic mass is 16.5. The van der Waals surface area contributed by atoms with Gasteiger partial charge < -0.3 is 25.2 Å². The summed E-state index contributed by atoms with van der Waals surface area (Å²) in [4.78, 5) is 25.2. The van der Waals surface area contributed by atoms with Gasteiger partial charge in [-0.15, -0.1) is 0 Å². The average molecular weight is 427 g/mol. The summed E-state index contributed by atoms with van der Waals surface area (Å²) >= 11 is 0. The van der Waals surface area contributed by atoms with E-state index in [2.05, 4.69) is 24.5 Å². The molecule has 3 N–H and O–H groups in total. The fraction of sp³-hybridized carbons (Fsp3) is 0.333. The molecule has 7 nitrogen and oxygen atoms in total. The third-order valence-electron chi connectivity index (χ3n) is 4.09. The number of rotatable bonds is 11. The molecule has 0 radical (unpaired) electrons. The summed E-state index contributed by atoms with van der Waals surface area (Å²) in [7, 11) is 0. The lowest BCUT2D eigenvalue weighted by molar-refractivity contribution is -0.117. The van der Waals surface area contributed by atoms with Crippen molar-refractivity contribution in [3.63, 3.8) is 0 Å². The van der Waals surface area contributed by atoms with Crippen LogP contribution in [0.25, 0.3) is 6.08 Å². The number of ether oxygens (including phenoxy) is 2. The smallest absolute Gasteiger partial charge is 0.267 e. The van der Waals surface area contributed by atoms with Crippen LogP contribution in [0.2, 0.25) is 0 Å². The number of benzene rings is 2. The van der Waals surface area contributed by atoms with E-state index in [1.54, 1.807) is 54.6 Å². The Morgan fingerprint density at radius 2 is 1.61 bits per heavy atom. The van der Waals surface area contributed by atoms with Gasteiger partial charge in [0.05, 0.1) is 19.8 Å². The van der Waals surface area contributed by atoms with Crippen LogP contribution in [0, 0.1) is 5.92 Å². The lowest BCUT2D eigenvalue weighted by atomic mass is 10.1. The topological polar surface area (TPSA) is 96.9 Å². The van der Waals surface area contributed by atoms with Crippen LogP contribution < -0.4 is 20.1 Å². The highest BCUT2D eigenvalue weighted by Crippen LogP contribution is 2.16. The van der Waals surface area contributed by atoms with Gasteiger partial charge >= 0.3 is 0 Å². The van der Waals surface area contributed by atoms with Crippen molar-refractivity contribution in [2.75, 3.05) is 26.4 Å². The van der Waals surface area contributed by atoms with Crippen molar-refractivity contribution in [2.24, 2.45) is 5.92 Å². The van der Waals surface area contributed by atoms with Gasteiger partial charge in [-0.05, 0) is 60.9 Å². The Kier molecular flexibility index (Phi) is 9.58. The van der Waals surface area contributed by atoms with Crippen LogP contribution >= 0.6 is 0 Å². The Balaban J connectivity index is 2.16. The van der Waals surface area contributed by atoms with Gasteiger partial charge in [-0.1, -0.05) is 26.0 Å². The van der Waals surface area contributed by atoms with Crippen molar-refractivity contribution < 1.29 is 24.2 Å². The van der Waals surface area contributed by atoms with Crippen LogP contribution in [-0.2, 0) is 4.79 Å². The molecule has 0 unspecified atom stereocenters. The summed E-state index contributed by atoms with van der Waals surface area (Å²) in [6.45, 7) is 7.04. The predicted octanol–water partition coefficient (Wildman–Crippen LogP) is 3.00. The first kappa shape index (κ1) is 24.0. The van der Waals surface area contributed by atoms with E-state index in [0.717, 1.165) is 11.3 Å². The number of carbonyl (C=O) groups excluding carboxylic acids is 2. The minimum Gasteiger partial charge on any atom is -0.494 e. The second-order valence-electron chi connectivity index (χ2n) is 7.22. The lowest BCUT2D eigenvalue weighted by Crippen LogP contribution is -2.36. The Hall–Kier alpha value is -3.32. The van der Waals surface area contributed by atoms with E-state index < -0.39 is 11.8 Å². The number of carbonyl (C=O) groups is 2. The van der Waals surface area contributed by atoms with Crippen molar-refractivity contribution in [1.29, 1.82) is 0 Å². The zero-order chi connectivity index (χ0) is 22.6. The summed E-state index contributed by atoms with van der Waals surface area (Å²) in [5.74, 6) is 0.876. The molecule has 2 aromatic carbocycles. The van der Waals surface area contributed by atoms with E-state index in [1.165, 1.54) is 0 Å². The highest BCUT2D eigenvalue weighted by Gasteiger charge is 2.14. The zero-order valence-corrected chi connectivity index (χ0v) is 18.2. The fourth-order valence-electron chi connectivity index (χ4n) is 2.58. The maximum absolute atomic E-state index is 12.7. The van der Waals surface area contributed by atoms with Gasteiger partial charge in [0, 0.05) is 12.1 Å². The van der Waals surface area contributed by atoms with E-state index in [9.17, 15) is 9.59 Å². The minimum atomic E-state index is -0.492. The third kappa shape index (κ3) is 8.14. The molecule has 0 saturated heterocycles. The van der Waals surface area contributed by atoms with Gasteiger partial charge in [0.1, 0.15) is 17.2 Å². The number of aliphatic hydroxyl groups is 1. The molecule has 7 heteroatoms. The molecule has 0 aliphatic heterocycles. The standard InChI is InChI=1S/C24H30N2O5/c1-4-30-20-9-5-18(6-10-20)15-22(24(29)25-13-14-27)26-23(28)19-7-11-21(12-8-19)31-16-17(2)3/h5-12,15,17,27H,4,13-14,16H2,1-3H3,(H,25,29)(H,26,28)/b22-15-. The Bertz CT molecular complexity index is 874. The molecular weight excluding hydrogens is 396 g/mol. The number of amides is 2. The third-order valence-corrected chi connectivity index (χ3v) is 4.09. The molecule has 2 rings (SSSR count). The molecule has 0 bridgehead atoms. The minimum absolute atomic E-state index is 0.0720. The normalized spacial score (nSPS) is 11.2. The SMILES string of the molecule is CCOc1ccc(/C=C(\NC(=O)c2ccc(OCC(C)C)cc2)C(=O)NCCO)cc1. The maximum Gasteiger partial charge on any atom is 0.267 e. The molecule has 0 aromatic heterocycles. The molecule has 0 fully saturated rings. The quantitative estimate of drug-likeness (QED) is 0.480. The molecule has 2 amide bonds. The van der Waals surface area contributed by atoms with E-state index >= 15 is 0 Å². The van der Waals surface area contributed by atoms with Gasteiger partial charge in [0.2, 0.25) is 0 Å². The molecule has 0 aliphatic rings. The molecule has 0 saturated carbocycles. The first-order valence-electron chi connectivity index (χ1n) is 10.3. The Morgan fingerprint density at radius 3 is 2.19 bits per heavy atom. The summed E-state index contributed by atoms with van der Waals surface area (Å²) in [6.07, 6.45) is 1.57. The number of hydrogen-bond acceptors (Lipinski definition) is 5. The number of nitrogens with one attached hydrogen (secondary N) is 2. The van der Waals surface area contributed by atoms with Crippen LogP contribution in [0.4, 0.5) is 0 Å². The van der Waals surface area contributed by atoms with Gasteiger partial charge in [-0.3, -0.25) is 9.59 Å². The zero-order valence-electron chi connectivity index (χ0n) is 18.2. The van der Waals surface area contributed by atoms with E-state index in [1.807, 2.05) is 6.92 Å². The fourth-order valence-corrected chi connectivity index (χ4v) is 2.58. The predicted molar refractivity (Wildman–Crippen MR) is 120 cm³/mol. The largest absolute Gasteiger partial charge is 0.494 e. The molecule has 0 atom stereocenters. The summed E-state index contributed by atoms with van der Waals surface area (Å²) in [6, 6.07) is 13.9. The van der Waals surface area contributed by atoms with Crippen LogP contribution in [0.5, 0.6) is 11.5 Å². The summed E-state index contributed by atoms with van der Waals surface area (Å²) < 4.78 is 11.1. The second kappa shape index (κ2) is 12.4. The number of hydrogen-bond donors (Lipinski definition) is 3. The first-order valence-corrected chi connectivity index (χ1v) is 10.3. The highest BCUT2D eigenvalue weighted by molar-refractivity contribution is 6.05. The molecule has 166 valence electrons. The van der Waals surface area contributed by atoms with Gasteiger partial charge in [0.15, 0.2) is 0 Å². The maximum atomic E-state index is 12.7. The summed E-state index contributed by atoms with van der Waals surface area (Å²) in [5.41, 5.74) is 1.18. The van der Waals surface area contributed by atoms with Gasteiger partial charge in [-0.2, -0.15) is 0 Å². The Labute approximate surface area is 183 Å². The molecular formula is C24H30N2O5. The monoisotopic (exact) mass is 426 g/mol. The molecule has 2 aromatic rings. The van der Waals surface area contributed by atoms with E-state index in [0.29, 0.717) is 30.4 Å². The lowest BCUT2D eigenvalue weighted by Gasteiger charge is -2.12. The van der Waals surface area contributed by atoms with Crippen LogP contribution in [0.15, 0.2) is 54.2 Å². The Morgan fingerprint density at radius 1 is 1.00 bits per heavy atom. The second-order valence-corrected chi connectivity index (χ2v) is 7.22. The van der Waals surface area contributed by atoms with Crippen LogP contribution in [-0.4, -0.2) is 43.3 Å². The van der Waals surface area contributed by atoms with E-state index in [4.69, 9.17) is 14.6 Å². The van der Waals surface area contributed by atoms with Crippen LogP contribution in [0.3, 0.4) is 0 Å².